The first-order valence-electron chi connectivity index (χ1n) is 12.1. The molecular formula is C26H36N8O. The van der Waals surface area contributed by atoms with Crippen molar-refractivity contribution >= 4 is 29.2 Å². The van der Waals surface area contributed by atoms with Crippen LogP contribution in [0.3, 0.4) is 0 Å². The first kappa shape index (κ1) is 24.7. The fourth-order valence-electron chi connectivity index (χ4n) is 4.10. The van der Waals surface area contributed by atoms with Crippen molar-refractivity contribution < 1.29 is 4.79 Å². The van der Waals surface area contributed by atoms with Crippen molar-refractivity contribution in [1.82, 2.24) is 30.0 Å². The molecule has 0 aliphatic heterocycles. The maximum absolute atomic E-state index is 12.8. The van der Waals surface area contributed by atoms with Crippen LogP contribution in [-0.4, -0.2) is 56.7 Å². The summed E-state index contributed by atoms with van der Waals surface area (Å²) in [5.41, 5.74) is 3.85. The van der Waals surface area contributed by atoms with Crippen LogP contribution < -0.4 is 16.0 Å². The number of anilines is 4. The van der Waals surface area contributed by atoms with Crippen molar-refractivity contribution in [2.24, 2.45) is 0 Å². The summed E-state index contributed by atoms with van der Waals surface area (Å²) in [7, 11) is 4.25. The Morgan fingerprint density at radius 3 is 2.51 bits per heavy atom. The van der Waals surface area contributed by atoms with Crippen LogP contribution in [0.15, 0.2) is 36.7 Å². The molecule has 1 aliphatic rings. The average Bonchev–Trinajstić information content (AvgIpc) is 3.40. The molecule has 0 saturated heterocycles. The molecule has 0 saturated carbocycles. The largest absolute Gasteiger partial charge is 0.350 e. The van der Waals surface area contributed by atoms with Gasteiger partial charge in [0.05, 0.1) is 5.54 Å². The van der Waals surface area contributed by atoms with Gasteiger partial charge in [-0.1, -0.05) is 6.07 Å². The number of likely N-dealkylation sites (N-methyl/N-ethyl adjacent to an activating group) is 1. The second-order valence-corrected chi connectivity index (χ2v) is 10.7. The zero-order valence-corrected chi connectivity index (χ0v) is 21.7. The Morgan fingerprint density at radius 2 is 1.86 bits per heavy atom. The molecule has 3 N–H and O–H groups in total. The van der Waals surface area contributed by atoms with Crippen LogP contribution in [0.2, 0.25) is 0 Å². The summed E-state index contributed by atoms with van der Waals surface area (Å²) in [6.45, 7) is 10.1. The number of nitrogens with zero attached hydrogens (tertiary/aromatic N) is 5. The van der Waals surface area contributed by atoms with E-state index >= 15 is 0 Å². The van der Waals surface area contributed by atoms with E-state index in [9.17, 15) is 4.79 Å². The van der Waals surface area contributed by atoms with E-state index in [-0.39, 0.29) is 17.5 Å². The van der Waals surface area contributed by atoms with Crippen LogP contribution in [-0.2, 0) is 18.4 Å². The van der Waals surface area contributed by atoms with Crippen molar-refractivity contribution in [2.45, 2.75) is 65.1 Å². The van der Waals surface area contributed by atoms with Gasteiger partial charge in [-0.25, -0.2) is 4.98 Å². The molecule has 2 aromatic heterocycles. The minimum atomic E-state index is -0.239. The number of carbonyl (C=O) groups excluding carboxylic acids is 1. The first-order valence-corrected chi connectivity index (χ1v) is 12.1. The van der Waals surface area contributed by atoms with E-state index in [0.29, 0.717) is 29.2 Å². The number of benzene rings is 1. The molecular weight excluding hydrogens is 440 g/mol. The van der Waals surface area contributed by atoms with Crippen LogP contribution in [0.4, 0.5) is 23.3 Å². The van der Waals surface area contributed by atoms with Gasteiger partial charge < -0.3 is 20.9 Å². The SMILES string of the molecule is CC(C)NC(=O)c1cnc(Nc2ccc3c(c2)CC(N(C)C)C3)nc1Nc1ccn(C(C)(C)C)n1. The molecule has 35 heavy (non-hydrogen) atoms. The fraction of sp³-hybridized carbons (Fsp3) is 0.462. The van der Waals surface area contributed by atoms with Gasteiger partial charge in [-0.15, -0.1) is 0 Å². The third kappa shape index (κ3) is 5.79. The standard InChI is InChI=1S/C26H36N8O/c1-16(2)28-24(35)21-15-27-25(31-23(21)30-22-10-11-34(32-22)26(3,4)5)29-19-9-8-17-13-20(33(6)7)14-18(17)12-19/h8-12,15-16,20H,13-14H2,1-7H3,(H,28,35)(H2,27,29,30,31,32). The molecule has 9 heteroatoms. The number of carbonyl (C=O) groups is 1. The second-order valence-electron chi connectivity index (χ2n) is 10.7. The van der Waals surface area contributed by atoms with Crippen molar-refractivity contribution in [3.05, 3.63) is 53.3 Å². The fourth-order valence-corrected chi connectivity index (χ4v) is 4.10. The quantitative estimate of drug-likeness (QED) is 0.472. The maximum atomic E-state index is 12.8. The lowest BCUT2D eigenvalue weighted by atomic mass is 10.1. The molecule has 0 bridgehead atoms. The molecule has 186 valence electrons. The third-order valence-corrected chi connectivity index (χ3v) is 6.08. The molecule has 1 unspecified atom stereocenters. The Bertz CT molecular complexity index is 1210. The molecule has 9 nitrogen and oxygen atoms in total. The van der Waals surface area contributed by atoms with E-state index in [4.69, 9.17) is 0 Å². The van der Waals surface area contributed by atoms with Crippen LogP contribution in [0, 0.1) is 0 Å². The van der Waals surface area contributed by atoms with E-state index in [1.165, 1.54) is 11.1 Å². The summed E-state index contributed by atoms with van der Waals surface area (Å²) in [6, 6.07) is 8.78. The van der Waals surface area contributed by atoms with Gasteiger partial charge in [0, 0.05) is 36.2 Å². The highest BCUT2D eigenvalue weighted by Crippen LogP contribution is 2.29. The first-order chi connectivity index (χ1) is 16.5. The second kappa shape index (κ2) is 9.65. The number of nitrogens with one attached hydrogen (secondary N) is 3. The Hall–Kier alpha value is -3.46. The number of fused-ring (bicyclic) bond motifs is 1. The molecule has 1 aromatic carbocycles. The predicted octanol–water partition coefficient (Wildman–Crippen LogP) is 4.08. The number of amides is 1. The molecule has 0 radical (unpaired) electrons. The Labute approximate surface area is 207 Å². The molecule has 2 heterocycles. The van der Waals surface area contributed by atoms with E-state index < -0.39 is 0 Å². The van der Waals surface area contributed by atoms with Crippen molar-refractivity contribution in [2.75, 3.05) is 24.7 Å². The number of hydrogen-bond acceptors (Lipinski definition) is 7. The smallest absolute Gasteiger partial charge is 0.256 e. The van der Waals surface area contributed by atoms with E-state index in [0.717, 1.165) is 18.5 Å². The molecule has 0 fully saturated rings. The molecule has 1 atom stereocenters. The summed E-state index contributed by atoms with van der Waals surface area (Å²) < 4.78 is 1.87. The Balaban J connectivity index is 1.60. The monoisotopic (exact) mass is 476 g/mol. The van der Waals surface area contributed by atoms with E-state index in [1.54, 1.807) is 6.20 Å². The molecule has 1 aliphatic carbocycles. The van der Waals surface area contributed by atoms with Crippen molar-refractivity contribution in [1.29, 1.82) is 0 Å². The topological polar surface area (TPSA) is 100 Å². The summed E-state index contributed by atoms with van der Waals surface area (Å²) in [6.07, 6.45) is 5.54. The summed E-state index contributed by atoms with van der Waals surface area (Å²) in [5.74, 6) is 1.17. The summed E-state index contributed by atoms with van der Waals surface area (Å²) in [5, 5.41) is 14.0. The highest BCUT2D eigenvalue weighted by molar-refractivity contribution is 5.99. The lowest BCUT2D eigenvalue weighted by molar-refractivity contribution is 0.0943. The highest BCUT2D eigenvalue weighted by Gasteiger charge is 2.23. The lowest BCUT2D eigenvalue weighted by Gasteiger charge is -2.19. The number of hydrogen-bond donors (Lipinski definition) is 3. The van der Waals surface area contributed by atoms with Crippen molar-refractivity contribution in [3.63, 3.8) is 0 Å². The minimum absolute atomic E-state index is 0.00865. The van der Waals surface area contributed by atoms with Gasteiger partial charge in [0.15, 0.2) is 5.82 Å². The Morgan fingerprint density at radius 1 is 1.11 bits per heavy atom. The van der Waals surface area contributed by atoms with E-state index in [2.05, 4.69) is 89.0 Å². The normalized spacial score (nSPS) is 15.4. The highest BCUT2D eigenvalue weighted by atomic mass is 16.1. The molecule has 1 amide bonds. The van der Waals surface area contributed by atoms with Gasteiger partial charge in [-0.05, 0) is 84.8 Å². The van der Waals surface area contributed by atoms with Gasteiger partial charge in [-0.2, -0.15) is 10.1 Å². The zero-order valence-electron chi connectivity index (χ0n) is 21.7. The predicted molar refractivity (Wildman–Crippen MR) is 140 cm³/mol. The van der Waals surface area contributed by atoms with Crippen LogP contribution >= 0.6 is 0 Å². The van der Waals surface area contributed by atoms with Gasteiger partial charge in [0.2, 0.25) is 5.95 Å². The van der Waals surface area contributed by atoms with Gasteiger partial charge in [0.25, 0.3) is 5.91 Å². The van der Waals surface area contributed by atoms with Crippen LogP contribution in [0.1, 0.15) is 56.1 Å². The number of aromatic nitrogens is 4. The molecule has 0 spiro atoms. The molecule has 4 rings (SSSR count). The minimum Gasteiger partial charge on any atom is -0.350 e. The maximum Gasteiger partial charge on any atom is 0.256 e. The van der Waals surface area contributed by atoms with E-state index in [1.807, 2.05) is 30.8 Å². The van der Waals surface area contributed by atoms with Gasteiger partial charge >= 0.3 is 0 Å². The summed E-state index contributed by atoms with van der Waals surface area (Å²) >= 11 is 0. The number of rotatable bonds is 7. The van der Waals surface area contributed by atoms with Crippen LogP contribution in [0.25, 0.3) is 0 Å². The van der Waals surface area contributed by atoms with Gasteiger partial charge in [0.1, 0.15) is 11.4 Å². The zero-order chi connectivity index (χ0) is 25.3. The molecule has 3 aromatic rings. The average molecular weight is 477 g/mol. The van der Waals surface area contributed by atoms with Crippen LogP contribution in [0.5, 0.6) is 0 Å². The Kier molecular flexibility index (Phi) is 6.80. The van der Waals surface area contributed by atoms with Gasteiger partial charge in [-0.3, -0.25) is 9.48 Å². The lowest BCUT2D eigenvalue weighted by Crippen LogP contribution is -2.31. The van der Waals surface area contributed by atoms with Crippen molar-refractivity contribution in [3.8, 4) is 0 Å². The summed E-state index contributed by atoms with van der Waals surface area (Å²) in [4.78, 5) is 24.2. The third-order valence-electron chi connectivity index (χ3n) is 6.08.